The Hall–Kier alpha value is -1.03. The van der Waals surface area contributed by atoms with Gasteiger partial charge >= 0.3 is 0 Å². The number of hydrogen-bond acceptors (Lipinski definition) is 2. The van der Waals surface area contributed by atoms with Crippen LogP contribution in [0, 0.1) is 0 Å². The molecule has 0 bridgehead atoms. The molecule has 2 aromatic rings. The zero-order valence-corrected chi connectivity index (χ0v) is 8.38. The number of benzene rings is 1. The molecule has 2 rings (SSSR count). The van der Waals surface area contributed by atoms with Crippen LogP contribution in [0.1, 0.15) is 11.6 Å². The number of nitrogens with two attached hydrogens (primary N) is 2. The Bertz CT molecular complexity index is 450. The molecular formula is C10H12ClN3. The first kappa shape index (κ1) is 9.52. The second-order valence-corrected chi connectivity index (χ2v) is 3.65. The molecule has 0 aliphatic rings. The molecular weight excluding hydrogens is 198 g/mol. The van der Waals surface area contributed by atoms with E-state index in [2.05, 4.69) is 4.98 Å². The van der Waals surface area contributed by atoms with Gasteiger partial charge in [-0.3, -0.25) is 0 Å². The molecule has 1 atom stereocenters. The summed E-state index contributed by atoms with van der Waals surface area (Å²) < 4.78 is 0. The van der Waals surface area contributed by atoms with Gasteiger partial charge in [0, 0.05) is 34.7 Å². The Morgan fingerprint density at radius 2 is 2.14 bits per heavy atom. The van der Waals surface area contributed by atoms with E-state index in [0.29, 0.717) is 11.6 Å². The Morgan fingerprint density at radius 1 is 1.36 bits per heavy atom. The van der Waals surface area contributed by atoms with Crippen molar-refractivity contribution < 1.29 is 0 Å². The van der Waals surface area contributed by atoms with Gasteiger partial charge in [0.1, 0.15) is 0 Å². The molecule has 0 saturated carbocycles. The molecule has 1 unspecified atom stereocenters. The van der Waals surface area contributed by atoms with E-state index in [4.69, 9.17) is 23.1 Å². The molecule has 14 heavy (non-hydrogen) atoms. The summed E-state index contributed by atoms with van der Waals surface area (Å²) >= 11 is 6.08. The predicted octanol–water partition coefficient (Wildman–Crippen LogP) is 1.78. The van der Waals surface area contributed by atoms with E-state index in [1.807, 2.05) is 24.4 Å². The maximum absolute atomic E-state index is 6.08. The highest BCUT2D eigenvalue weighted by atomic mass is 35.5. The fourth-order valence-corrected chi connectivity index (χ4v) is 1.93. The second kappa shape index (κ2) is 3.61. The van der Waals surface area contributed by atoms with Gasteiger partial charge in [-0.15, -0.1) is 0 Å². The van der Waals surface area contributed by atoms with Gasteiger partial charge in [0.2, 0.25) is 0 Å². The molecule has 5 N–H and O–H groups in total. The highest BCUT2D eigenvalue weighted by Gasteiger charge is 2.12. The summed E-state index contributed by atoms with van der Waals surface area (Å²) in [4.78, 5) is 3.11. The smallest absolute Gasteiger partial charge is 0.0461 e. The van der Waals surface area contributed by atoms with E-state index in [-0.39, 0.29) is 6.04 Å². The van der Waals surface area contributed by atoms with Gasteiger partial charge in [-0.1, -0.05) is 11.6 Å². The maximum atomic E-state index is 6.08. The molecule has 1 heterocycles. The van der Waals surface area contributed by atoms with Crippen LogP contribution in [0.4, 0.5) is 0 Å². The zero-order chi connectivity index (χ0) is 10.1. The van der Waals surface area contributed by atoms with Crippen LogP contribution in [0.2, 0.25) is 5.02 Å². The van der Waals surface area contributed by atoms with E-state index in [9.17, 15) is 0 Å². The first-order valence-electron chi connectivity index (χ1n) is 4.45. The third-order valence-electron chi connectivity index (χ3n) is 2.35. The number of aromatic nitrogens is 1. The van der Waals surface area contributed by atoms with Gasteiger partial charge in [0.05, 0.1) is 0 Å². The van der Waals surface area contributed by atoms with Gasteiger partial charge in [0.15, 0.2) is 0 Å². The largest absolute Gasteiger partial charge is 0.361 e. The molecule has 74 valence electrons. The average Bonchev–Trinajstić information content (AvgIpc) is 2.64. The molecule has 0 aliphatic carbocycles. The van der Waals surface area contributed by atoms with Gasteiger partial charge in [0.25, 0.3) is 0 Å². The van der Waals surface area contributed by atoms with E-state index >= 15 is 0 Å². The lowest BCUT2D eigenvalue weighted by Crippen LogP contribution is -2.21. The number of aromatic amines is 1. The van der Waals surface area contributed by atoms with Crippen LogP contribution < -0.4 is 11.5 Å². The van der Waals surface area contributed by atoms with Crippen molar-refractivity contribution in [3.8, 4) is 0 Å². The van der Waals surface area contributed by atoms with Crippen LogP contribution in [0.5, 0.6) is 0 Å². The molecule has 1 aromatic carbocycles. The van der Waals surface area contributed by atoms with Crippen molar-refractivity contribution in [2.45, 2.75) is 6.04 Å². The summed E-state index contributed by atoms with van der Waals surface area (Å²) in [6.07, 6.45) is 1.87. The summed E-state index contributed by atoms with van der Waals surface area (Å²) in [6, 6.07) is 5.53. The Balaban J connectivity index is 2.70. The lowest BCUT2D eigenvalue weighted by atomic mass is 10.0. The molecule has 0 saturated heterocycles. The summed E-state index contributed by atoms with van der Waals surface area (Å²) in [5.74, 6) is 0. The first-order chi connectivity index (χ1) is 6.74. The SMILES string of the molecule is NCC(N)c1c(Cl)ccc2[nH]ccc12. The van der Waals surface area contributed by atoms with Crippen molar-refractivity contribution in [1.82, 2.24) is 4.98 Å². The number of fused-ring (bicyclic) bond motifs is 1. The van der Waals surface area contributed by atoms with Gasteiger partial charge in [-0.2, -0.15) is 0 Å². The third kappa shape index (κ3) is 1.39. The standard InChI is InChI=1S/C10H12ClN3/c11-7-1-2-9-6(3-4-14-9)10(7)8(13)5-12/h1-4,8,14H,5,12-13H2. The molecule has 0 radical (unpaired) electrons. The van der Waals surface area contributed by atoms with E-state index in [1.165, 1.54) is 0 Å². The predicted molar refractivity (Wildman–Crippen MR) is 59.3 cm³/mol. The van der Waals surface area contributed by atoms with Crippen LogP contribution >= 0.6 is 11.6 Å². The number of rotatable bonds is 2. The summed E-state index contributed by atoms with van der Waals surface area (Å²) in [6.45, 7) is 0.393. The zero-order valence-electron chi connectivity index (χ0n) is 7.63. The fraction of sp³-hybridized carbons (Fsp3) is 0.200. The molecule has 3 nitrogen and oxygen atoms in total. The van der Waals surface area contributed by atoms with Crippen molar-refractivity contribution in [3.63, 3.8) is 0 Å². The molecule has 0 aliphatic heterocycles. The van der Waals surface area contributed by atoms with E-state index in [1.54, 1.807) is 0 Å². The van der Waals surface area contributed by atoms with Gasteiger partial charge < -0.3 is 16.5 Å². The number of hydrogen-bond donors (Lipinski definition) is 3. The lowest BCUT2D eigenvalue weighted by molar-refractivity contribution is 0.743. The topological polar surface area (TPSA) is 67.8 Å². The van der Waals surface area contributed by atoms with Crippen LogP contribution in [0.3, 0.4) is 0 Å². The molecule has 0 spiro atoms. The second-order valence-electron chi connectivity index (χ2n) is 3.24. The molecule has 1 aromatic heterocycles. The van der Waals surface area contributed by atoms with E-state index < -0.39 is 0 Å². The minimum Gasteiger partial charge on any atom is -0.361 e. The van der Waals surface area contributed by atoms with Gasteiger partial charge in [-0.05, 0) is 23.8 Å². The summed E-state index contributed by atoms with van der Waals surface area (Å²) in [7, 11) is 0. The average molecular weight is 210 g/mol. The summed E-state index contributed by atoms with van der Waals surface area (Å²) in [5, 5.41) is 1.73. The minimum absolute atomic E-state index is 0.206. The fourth-order valence-electron chi connectivity index (χ4n) is 1.62. The Labute approximate surface area is 87.0 Å². The monoisotopic (exact) mass is 209 g/mol. The van der Waals surface area contributed by atoms with Crippen LogP contribution in [-0.4, -0.2) is 11.5 Å². The number of H-pyrrole nitrogens is 1. The maximum Gasteiger partial charge on any atom is 0.0461 e. The van der Waals surface area contributed by atoms with Crippen molar-refractivity contribution in [3.05, 3.63) is 35.0 Å². The van der Waals surface area contributed by atoms with Crippen LogP contribution in [0.25, 0.3) is 10.9 Å². The highest BCUT2D eigenvalue weighted by molar-refractivity contribution is 6.32. The van der Waals surface area contributed by atoms with Crippen molar-refractivity contribution in [2.75, 3.05) is 6.54 Å². The highest BCUT2D eigenvalue weighted by Crippen LogP contribution is 2.29. The number of nitrogens with one attached hydrogen (secondary N) is 1. The molecule has 4 heteroatoms. The van der Waals surface area contributed by atoms with Gasteiger partial charge in [-0.25, -0.2) is 0 Å². The lowest BCUT2D eigenvalue weighted by Gasteiger charge is -2.12. The van der Waals surface area contributed by atoms with E-state index in [0.717, 1.165) is 16.5 Å². The van der Waals surface area contributed by atoms with Crippen molar-refractivity contribution in [2.24, 2.45) is 11.5 Å². The first-order valence-corrected chi connectivity index (χ1v) is 4.83. The van der Waals surface area contributed by atoms with Crippen molar-refractivity contribution in [1.29, 1.82) is 0 Å². The molecule has 0 amide bonds. The normalized spacial score (nSPS) is 13.4. The Morgan fingerprint density at radius 3 is 2.86 bits per heavy atom. The van der Waals surface area contributed by atoms with Crippen LogP contribution in [0.15, 0.2) is 24.4 Å². The third-order valence-corrected chi connectivity index (χ3v) is 2.68. The van der Waals surface area contributed by atoms with Crippen LogP contribution in [-0.2, 0) is 0 Å². The summed E-state index contributed by atoms with van der Waals surface area (Å²) in [5.41, 5.74) is 13.4. The molecule has 0 fully saturated rings. The number of halogens is 1. The minimum atomic E-state index is -0.206. The quantitative estimate of drug-likeness (QED) is 0.706. The Kier molecular flexibility index (Phi) is 2.46. The van der Waals surface area contributed by atoms with Crippen molar-refractivity contribution >= 4 is 22.5 Å².